The van der Waals surface area contributed by atoms with Crippen LogP contribution < -0.4 is 10.6 Å². The van der Waals surface area contributed by atoms with Crippen LogP contribution in [-0.4, -0.2) is 41.5 Å². The van der Waals surface area contributed by atoms with Gasteiger partial charge in [-0.05, 0) is 55.7 Å². The zero-order valence-electron chi connectivity index (χ0n) is 22.1. The summed E-state index contributed by atoms with van der Waals surface area (Å²) < 4.78 is 5.27. The molecule has 0 aliphatic heterocycles. The van der Waals surface area contributed by atoms with E-state index >= 15 is 0 Å². The maximum absolute atomic E-state index is 13.7. The van der Waals surface area contributed by atoms with E-state index in [9.17, 15) is 14.4 Å². The number of anilines is 1. The molecule has 3 aromatic rings. The number of carbonyl (C=O) groups excluding carboxylic acids is 3. The monoisotopic (exact) mass is 503 g/mol. The fraction of sp³-hybridized carbons (Fsp3) is 0.367. The highest BCUT2D eigenvalue weighted by molar-refractivity contribution is 6.00. The van der Waals surface area contributed by atoms with E-state index in [-0.39, 0.29) is 18.4 Å². The number of hydrogen-bond acceptors (Lipinski definition) is 4. The van der Waals surface area contributed by atoms with Crippen molar-refractivity contribution in [3.05, 3.63) is 78.4 Å². The van der Waals surface area contributed by atoms with E-state index in [0.717, 1.165) is 30.0 Å². The van der Waals surface area contributed by atoms with Crippen LogP contribution in [0.2, 0.25) is 0 Å². The Morgan fingerprint density at radius 1 is 0.892 bits per heavy atom. The van der Waals surface area contributed by atoms with Crippen molar-refractivity contribution in [1.82, 2.24) is 10.2 Å². The zero-order valence-corrected chi connectivity index (χ0v) is 22.1. The molecule has 0 bridgehead atoms. The van der Waals surface area contributed by atoms with Gasteiger partial charge in [0.1, 0.15) is 18.2 Å². The molecule has 0 spiro atoms. The maximum Gasteiger partial charge on any atom is 0.408 e. The van der Waals surface area contributed by atoms with Gasteiger partial charge in [-0.25, -0.2) is 4.79 Å². The average Bonchev–Trinajstić information content (AvgIpc) is 2.86. The molecule has 7 nitrogen and oxygen atoms in total. The molecule has 3 amide bonds. The fourth-order valence-corrected chi connectivity index (χ4v) is 4.08. The normalized spacial score (nSPS) is 12.0. The summed E-state index contributed by atoms with van der Waals surface area (Å²) in [7, 11) is 0. The third-order valence-corrected chi connectivity index (χ3v) is 5.80. The number of rotatable bonds is 10. The van der Waals surface area contributed by atoms with Gasteiger partial charge >= 0.3 is 6.09 Å². The molecule has 1 unspecified atom stereocenters. The first-order chi connectivity index (χ1) is 17.7. The van der Waals surface area contributed by atoms with Gasteiger partial charge in [-0.3, -0.25) is 9.59 Å². The molecule has 0 aromatic heterocycles. The van der Waals surface area contributed by atoms with Crippen molar-refractivity contribution in [2.24, 2.45) is 0 Å². The molecule has 37 heavy (non-hydrogen) atoms. The van der Waals surface area contributed by atoms with Gasteiger partial charge in [0.2, 0.25) is 5.91 Å². The number of ether oxygens (including phenoxy) is 1. The highest BCUT2D eigenvalue weighted by Crippen LogP contribution is 2.26. The summed E-state index contributed by atoms with van der Waals surface area (Å²) in [6.45, 7) is 7.47. The molecule has 3 rings (SSSR count). The first-order valence-corrected chi connectivity index (χ1v) is 12.8. The lowest BCUT2D eigenvalue weighted by atomic mass is 10.0. The Hall–Kier alpha value is -3.87. The number of unbranched alkanes of at least 4 members (excludes halogenated alkanes) is 2. The first-order valence-electron chi connectivity index (χ1n) is 12.8. The Balaban J connectivity index is 1.87. The van der Waals surface area contributed by atoms with Crippen molar-refractivity contribution in [3.63, 3.8) is 0 Å². The van der Waals surface area contributed by atoms with Crippen molar-refractivity contribution < 1.29 is 19.1 Å². The predicted molar refractivity (Wildman–Crippen MR) is 147 cm³/mol. The molecule has 0 saturated carbocycles. The molecule has 196 valence electrons. The highest BCUT2D eigenvalue weighted by atomic mass is 16.6. The summed E-state index contributed by atoms with van der Waals surface area (Å²) >= 11 is 0. The van der Waals surface area contributed by atoms with Crippen LogP contribution in [0, 0.1) is 0 Å². The number of fused-ring (bicyclic) bond motifs is 1. The second-order valence-corrected chi connectivity index (χ2v) is 10.0. The van der Waals surface area contributed by atoms with Crippen LogP contribution in [0.15, 0.2) is 72.8 Å². The van der Waals surface area contributed by atoms with E-state index in [1.165, 1.54) is 0 Å². The SMILES string of the molecule is CCCCCN(C(=O)CNC(=O)OC(C)(C)C)C(C(=O)Nc1ccc2ccccc2c1)c1ccccc1. The number of nitrogens with one attached hydrogen (secondary N) is 2. The average molecular weight is 504 g/mol. The van der Waals surface area contributed by atoms with Gasteiger partial charge in [0.05, 0.1) is 0 Å². The third kappa shape index (κ3) is 8.34. The molecule has 2 N–H and O–H groups in total. The minimum absolute atomic E-state index is 0.270. The number of carbonyl (C=O) groups is 3. The standard InChI is InChI=1S/C30H37N3O4/c1-5-6-12-19-33(26(34)21-31-29(36)37-30(2,3)4)27(23-14-8-7-9-15-23)28(35)32-25-18-17-22-13-10-11-16-24(22)20-25/h7-11,13-18,20,27H,5-6,12,19,21H2,1-4H3,(H,31,36)(H,32,35). The smallest absolute Gasteiger partial charge is 0.408 e. The van der Waals surface area contributed by atoms with Gasteiger partial charge in [-0.1, -0.05) is 80.4 Å². The maximum atomic E-state index is 13.7. The molecule has 0 aliphatic carbocycles. The van der Waals surface area contributed by atoms with Gasteiger partial charge in [-0.2, -0.15) is 0 Å². The van der Waals surface area contributed by atoms with E-state index in [1.807, 2.05) is 72.8 Å². The lowest BCUT2D eigenvalue weighted by Gasteiger charge is -2.32. The van der Waals surface area contributed by atoms with Gasteiger partial charge in [0.25, 0.3) is 5.91 Å². The molecule has 0 saturated heterocycles. The number of hydrogen-bond donors (Lipinski definition) is 2. The van der Waals surface area contributed by atoms with Crippen molar-refractivity contribution in [3.8, 4) is 0 Å². The summed E-state index contributed by atoms with van der Waals surface area (Å²) in [4.78, 5) is 40.9. The Kier molecular flexibility index (Phi) is 9.66. The van der Waals surface area contributed by atoms with Crippen LogP contribution in [0.1, 0.15) is 58.6 Å². The molecule has 7 heteroatoms. The third-order valence-electron chi connectivity index (χ3n) is 5.80. The van der Waals surface area contributed by atoms with E-state index in [0.29, 0.717) is 17.8 Å². The van der Waals surface area contributed by atoms with Crippen molar-refractivity contribution >= 4 is 34.4 Å². The lowest BCUT2D eigenvalue weighted by molar-refractivity contribution is -0.138. The number of amides is 3. The van der Waals surface area contributed by atoms with Crippen molar-refractivity contribution in [2.75, 3.05) is 18.4 Å². The van der Waals surface area contributed by atoms with Crippen LogP contribution in [0.25, 0.3) is 10.8 Å². The van der Waals surface area contributed by atoms with Crippen LogP contribution in [-0.2, 0) is 14.3 Å². The summed E-state index contributed by atoms with van der Waals surface area (Å²) in [5, 5.41) is 7.63. The Bertz CT molecular complexity index is 1200. The summed E-state index contributed by atoms with van der Waals surface area (Å²) in [5.74, 6) is -0.673. The van der Waals surface area contributed by atoms with Crippen LogP contribution in [0.4, 0.5) is 10.5 Å². The van der Waals surface area contributed by atoms with Crippen LogP contribution in [0.3, 0.4) is 0 Å². The molecule has 0 radical (unpaired) electrons. The minimum atomic E-state index is -0.863. The van der Waals surface area contributed by atoms with Crippen molar-refractivity contribution in [1.29, 1.82) is 0 Å². The molecule has 1 atom stereocenters. The minimum Gasteiger partial charge on any atom is -0.444 e. The summed E-state index contributed by atoms with van der Waals surface area (Å²) in [5.41, 5.74) is 0.667. The predicted octanol–water partition coefficient (Wildman–Crippen LogP) is 6.06. The van der Waals surface area contributed by atoms with E-state index in [4.69, 9.17) is 4.74 Å². The van der Waals surface area contributed by atoms with Gasteiger partial charge < -0.3 is 20.3 Å². The molecule has 0 heterocycles. The number of benzene rings is 3. The van der Waals surface area contributed by atoms with Gasteiger partial charge in [0.15, 0.2) is 0 Å². The lowest BCUT2D eigenvalue weighted by Crippen LogP contribution is -2.47. The zero-order chi connectivity index (χ0) is 26.8. The first kappa shape index (κ1) is 27.7. The van der Waals surface area contributed by atoms with E-state index in [2.05, 4.69) is 17.6 Å². The van der Waals surface area contributed by atoms with E-state index in [1.54, 1.807) is 25.7 Å². The highest BCUT2D eigenvalue weighted by Gasteiger charge is 2.31. The molecule has 3 aromatic carbocycles. The largest absolute Gasteiger partial charge is 0.444 e. The Morgan fingerprint density at radius 2 is 1.57 bits per heavy atom. The number of alkyl carbamates (subject to hydrolysis) is 1. The van der Waals surface area contributed by atoms with Crippen molar-refractivity contribution in [2.45, 2.75) is 58.6 Å². The summed E-state index contributed by atoms with van der Waals surface area (Å²) in [6.07, 6.45) is 1.95. The van der Waals surface area contributed by atoms with Crippen LogP contribution in [0.5, 0.6) is 0 Å². The topological polar surface area (TPSA) is 87.7 Å². The van der Waals surface area contributed by atoms with E-state index < -0.39 is 17.7 Å². The second kappa shape index (κ2) is 12.9. The fourth-order valence-electron chi connectivity index (χ4n) is 4.08. The quantitative estimate of drug-likeness (QED) is 0.329. The number of nitrogens with zero attached hydrogens (tertiary/aromatic N) is 1. The van der Waals surface area contributed by atoms with Gasteiger partial charge in [-0.15, -0.1) is 0 Å². The second-order valence-electron chi connectivity index (χ2n) is 10.0. The molecular formula is C30H37N3O4. The Morgan fingerprint density at radius 3 is 2.24 bits per heavy atom. The van der Waals surface area contributed by atoms with Crippen LogP contribution >= 0.6 is 0 Å². The molecule has 0 aliphatic rings. The molecular weight excluding hydrogens is 466 g/mol. The van der Waals surface area contributed by atoms with Gasteiger partial charge in [0, 0.05) is 12.2 Å². The molecule has 0 fully saturated rings. The Labute approximate surface area is 219 Å². The summed E-state index contributed by atoms with van der Waals surface area (Å²) in [6, 6.07) is 22.0.